The maximum absolute atomic E-state index is 11.9. The van der Waals surface area contributed by atoms with Crippen LogP contribution in [0, 0.1) is 0 Å². The number of furan rings is 1. The van der Waals surface area contributed by atoms with Gasteiger partial charge in [-0.2, -0.15) is 0 Å². The molecule has 0 spiro atoms. The molecule has 7 nitrogen and oxygen atoms in total. The van der Waals surface area contributed by atoms with E-state index in [4.69, 9.17) is 13.9 Å². The van der Waals surface area contributed by atoms with Gasteiger partial charge in [0.15, 0.2) is 0 Å². The maximum atomic E-state index is 11.9. The average molecular weight is 330 g/mol. The van der Waals surface area contributed by atoms with E-state index < -0.39 is 6.09 Å². The number of hydrogen-bond acceptors (Lipinski definition) is 5. The van der Waals surface area contributed by atoms with E-state index in [9.17, 15) is 9.59 Å². The summed E-state index contributed by atoms with van der Waals surface area (Å²) in [6, 6.07) is 10.2. The number of hydrogen-bond donors (Lipinski definition) is 2. The number of benzene rings is 1. The minimum Gasteiger partial charge on any atom is -0.465 e. The Kier molecular flexibility index (Phi) is 6.60. The van der Waals surface area contributed by atoms with E-state index in [0.717, 1.165) is 0 Å². The van der Waals surface area contributed by atoms with Crippen molar-refractivity contribution in [3.05, 3.63) is 54.5 Å². The van der Waals surface area contributed by atoms with Crippen LogP contribution in [-0.4, -0.2) is 32.3 Å². The summed E-state index contributed by atoms with van der Waals surface area (Å²) < 4.78 is 14.8. The normalized spacial score (nSPS) is 10.5. The molecule has 126 valence electrons. The second-order valence-electron chi connectivity index (χ2n) is 4.67. The molecule has 7 heteroatoms. The summed E-state index contributed by atoms with van der Waals surface area (Å²) in [5, 5.41) is 5.26. The number of anilines is 2. The second-order valence-corrected chi connectivity index (χ2v) is 4.67. The fraction of sp³-hybridized carbons (Fsp3) is 0.176. The summed E-state index contributed by atoms with van der Waals surface area (Å²) in [5.41, 5.74) is 1.05. The van der Waals surface area contributed by atoms with E-state index in [-0.39, 0.29) is 12.5 Å². The molecule has 1 heterocycles. The second kappa shape index (κ2) is 9.16. The van der Waals surface area contributed by atoms with Crippen molar-refractivity contribution in [1.82, 2.24) is 0 Å². The lowest BCUT2D eigenvalue weighted by molar-refractivity contribution is -0.111. The largest absolute Gasteiger partial charge is 0.465 e. The van der Waals surface area contributed by atoms with Crippen LogP contribution in [0.5, 0.6) is 0 Å². The lowest BCUT2D eigenvalue weighted by Gasteiger charge is -2.08. The number of carbonyl (C=O) groups excluding carboxylic acids is 2. The molecule has 0 unspecified atom stereocenters. The highest BCUT2D eigenvalue weighted by molar-refractivity contribution is 6.02. The Bertz CT molecular complexity index is 695. The first-order chi connectivity index (χ1) is 11.7. The van der Waals surface area contributed by atoms with E-state index >= 15 is 0 Å². The highest BCUT2D eigenvalue weighted by Crippen LogP contribution is 2.15. The van der Waals surface area contributed by atoms with E-state index in [1.54, 1.807) is 42.5 Å². The number of rotatable bonds is 7. The molecule has 2 rings (SSSR count). The van der Waals surface area contributed by atoms with Gasteiger partial charge in [-0.3, -0.25) is 10.1 Å². The molecule has 0 fully saturated rings. The lowest BCUT2D eigenvalue weighted by Crippen LogP contribution is -2.16. The van der Waals surface area contributed by atoms with Gasteiger partial charge in [0.25, 0.3) is 0 Å². The molecule has 0 aliphatic rings. The summed E-state index contributed by atoms with van der Waals surface area (Å²) in [7, 11) is 1.52. The molecule has 0 radical (unpaired) electrons. The Morgan fingerprint density at radius 2 is 1.92 bits per heavy atom. The Balaban J connectivity index is 1.87. The highest BCUT2D eigenvalue weighted by atomic mass is 16.6. The van der Waals surface area contributed by atoms with E-state index in [0.29, 0.717) is 23.7 Å². The quantitative estimate of drug-likeness (QED) is 0.601. The summed E-state index contributed by atoms with van der Waals surface area (Å²) >= 11 is 0. The average Bonchev–Trinajstić information content (AvgIpc) is 3.07. The van der Waals surface area contributed by atoms with Gasteiger partial charge in [0.05, 0.1) is 12.9 Å². The van der Waals surface area contributed by atoms with Crippen molar-refractivity contribution in [2.24, 2.45) is 0 Å². The number of ether oxygens (including phenoxy) is 2. The van der Waals surface area contributed by atoms with Crippen LogP contribution in [0.15, 0.2) is 53.2 Å². The van der Waals surface area contributed by atoms with Gasteiger partial charge >= 0.3 is 6.09 Å². The van der Waals surface area contributed by atoms with Crippen molar-refractivity contribution in [2.75, 3.05) is 31.0 Å². The van der Waals surface area contributed by atoms with Crippen LogP contribution in [0.3, 0.4) is 0 Å². The van der Waals surface area contributed by atoms with E-state index in [1.807, 2.05) is 0 Å². The van der Waals surface area contributed by atoms with Gasteiger partial charge < -0.3 is 19.2 Å². The zero-order valence-corrected chi connectivity index (χ0v) is 13.2. The van der Waals surface area contributed by atoms with Gasteiger partial charge in [-0.15, -0.1) is 0 Å². The lowest BCUT2D eigenvalue weighted by atomic mass is 10.2. The predicted octanol–water partition coefficient (Wildman–Crippen LogP) is 3.13. The minimum atomic E-state index is -0.590. The Morgan fingerprint density at radius 1 is 1.12 bits per heavy atom. The first-order valence-corrected chi connectivity index (χ1v) is 7.23. The standard InChI is InChI=1S/C17H18N2O5/c1-22-10-11-24-17(21)19-14-5-2-4-13(12-14)18-16(20)8-7-15-6-3-9-23-15/h2-9,12H,10-11H2,1H3,(H,18,20)(H,19,21). The number of nitrogens with one attached hydrogen (secondary N) is 2. The van der Waals surface area contributed by atoms with Gasteiger partial charge in [-0.1, -0.05) is 6.07 Å². The van der Waals surface area contributed by atoms with Crippen LogP contribution in [0.2, 0.25) is 0 Å². The Hall–Kier alpha value is -3.06. The fourth-order valence-corrected chi connectivity index (χ4v) is 1.77. The third-order valence-corrected chi connectivity index (χ3v) is 2.84. The van der Waals surface area contributed by atoms with Crippen LogP contribution in [0.4, 0.5) is 16.2 Å². The van der Waals surface area contributed by atoms with Crippen molar-refractivity contribution >= 4 is 29.5 Å². The van der Waals surface area contributed by atoms with Gasteiger partial charge in [-0.05, 0) is 36.4 Å². The summed E-state index contributed by atoms with van der Waals surface area (Å²) in [5.74, 6) is 0.269. The predicted molar refractivity (Wildman–Crippen MR) is 89.7 cm³/mol. The maximum Gasteiger partial charge on any atom is 0.411 e. The molecule has 2 N–H and O–H groups in total. The van der Waals surface area contributed by atoms with Gasteiger partial charge in [0, 0.05) is 24.6 Å². The SMILES string of the molecule is COCCOC(=O)Nc1cccc(NC(=O)C=Cc2ccco2)c1. The molecule has 2 aromatic rings. The van der Waals surface area contributed by atoms with Crippen molar-refractivity contribution in [3.8, 4) is 0 Å². The van der Waals surface area contributed by atoms with E-state index in [1.165, 1.54) is 19.4 Å². The van der Waals surface area contributed by atoms with Crippen molar-refractivity contribution in [3.63, 3.8) is 0 Å². The van der Waals surface area contributed by atoms with Crippen LogP contribution >= 0.6 is 0 Å². The fourth-order valence-electron chi connectivity index (χ4n) is 1.77. The highest BCUT2D eigenvalue weighted by Gasteiger charge is 2.04. The number of carbonyl (C=O) groups is 2. The van der Waals surface area contributed by atoms with Gasteiger partial charge in [-0.25, -0.2) is 4.79 Å². The third kappa shape index (κ3) is 5.98. The molecule has 0 bridgehead atoms. The molecule has 1 aromatic carbocycles. The smallest absolute Gasteiger partial charge is 0.411 e. The van der Waals surface area contributed by atoms with Crippen LogP contribution in [0.25, 0.3) is 6.08 Å². The molecular formula is C17H18N2O5. The minimum absolute atomic E-state index is 0.163. The summed E-state index contributed by atoms with van der Waals surface area (Å²) in [6.07, 6.45) is 3.86. The van der Waals surface area contributed by atoms with E-state index in [2.05, 4.69) is 10.6 Å². The molecule has 0 saturated carbocycles. The monoisotopic (exact) mass is 330 g/mol. The zero-order chi connectivity index (χ0) is 17.2. The van der Waals surface area contributed by atoms with Crippen molar-refractivity contribution < 1.29 is 23.5 Å². The van der Waals surface area contributed by atoms with Crippen molar-refractivity contribution in [1.29, 1.82) is 0 Å². The topological polar surface area (TPSA) is 89.8 Å². The Morgan fingerprint density at radius 3 is 2.62 bits per heavy atom. The van der Waals surface area contributed by atoms with Crippen LogP contribution in [-0.2, 0) is 14.3 Å². The molecule has 0 aliphatic carbocycles. The summed E-state index contributed by atoms with van der Waals surface area (Å²) in [6.45, 7) is 0.488. The zero-order valence-electron chi connectivity index (χ0n) is 13.2. The molecular weight excluding hydrogens is 312 g/mol. The summed E-state index contributed by atoms with van der Waals surface area (Å²) in [4.78, 5) is 23.4. The molecule has 0 saturated heterocycles. The molecule has 0 aliphatic heterocycles. The molecule has 24 heavy (non-hydrogen) atoms. The van der Waals surface area contributed by atoms with Crippen molar-refractivity contribution in [2.45, 2.75) is 0 Å². The Labute approximate surface area is 139 Å². The molecule has 0 atom stereocenters. The van der Waals surface area contributed by atoms with Crippen LogP contribution in [0.1, 0.15) is 5.76 Å². The van der Waals surface area contributed by atoms with Gasteiger partial charge in [0.1, 0.15) is 12.4 Å². The molecule has 1 aromatic heterocycles. The first kappa shape index (κ1) is 17.3. The van der Waals surface area contributed by atoms with Crippen LogP contribution < -0.4 is 10.6 Å². The molecule has 2 amide bonds. The first-order valence-electron chi connectivity index (χ1n) is 7.23. The number of methoxy groups -OCH3 is 1. The third-order valence-electron chi connectivity index (χ3n) is 2.84. The number of amides is 2. The van der Waals surface area contributed by atoms with Gasteiger partial charge in [0.2, 0.25) is 5.91 Å².